The number of nitrogens with one attached hydrogen (secondary N) is 1. The number of anilines is 1. The molecular formula is C30H36FN3O5S. The number of sulfonamides is 1. The van der Waals surface area contributed by atoms with E-state index in [4.69, 9.17) is 4.74 Å². The number of ether oxygens (including phenoxy) is 1. The van der Waals surface area contributed by atoms with Gasteiger partial charge in [-0.25, -0.2) is 12.8 Å². The molecule has 3 rings (SSSR count). The van der Waals surface area contributed by atoms with Crippen LogP contribution < -0.4 is 14.4 Å². The third-order valence-corrected chi connectivity index (χ3v) is 8.11. The van der Waals surface area contributed by atoms with E-state index in [9.17, 15) is 22.4 Å². The third-order valence-electron chi connectivity index (χ3n) is 6.32. The monoisotopic (exact) mass is 569 g/mol. The number of carbonyl (C=O) groups is 2. The van der Waals surface area contributed by atoms with Gasteiger partial charge in [0.05, 0.1) is 17.2 Å². The van der Waals surface area contributed by atoms with E-state index >= 15 is 0 Å². The molecule has 10 heteroatoms. The minimum absolute atomic E-state index is 0.0577. The van der Waals surface area contributed by atoms with Gasteiger partial charge in [-0.1, -0.05) is 37.3 Å². The molecule has 0 unspecified atom stereocenters. The molecule has 0 bridgehead atoms. The largest absolute Gasteiger partial charge is 0.494 e. The molecule has 0 aliphatic heterocycles. The van der Waals surface area contributed by atoms with E-state index in [1.807, 2.05) is 44.2 Å². The SMILES string of the molecule is CCCNC(=O)[C@H](C)N(CCc1ccccc1)C(=O)CN(c1ccc(F)cc1)S(=O)(=O)c1ccc(OCC)cc1. The minimum Gasteiger partial charge on any atom is -0.494 e. The number of hydrogen-bond donors (Lipinski definition) is 1. The third kappa shape index (κ3) is 8.05. The van der Waals surface area contributed by atoms with E-state index in [-0.39, 0.29) is 23.0 Å². The first-order valence-electron chi connectivity index (χ1n) is 13.3. The fourth-order valence-electron chi connectivity index (χ4n) is 4.10. The average Bonchev–Trinajstić information content (AvgIpc) is 2.96. The second kappa shape index (κ2) is 14.5. The van der Waals surface area contributed by atoms with Crippen molar-refractivity contribution < 1.29 is 27.1 Å². The lowest BCUT2D eigenvalue weighted by Gasteiger charge is -2.32. The standard InChI is InChI=1S/C30H36FN3O5S/c1-4-20-32-30(36)23(3)33(21-19-24-9-7-6-8-10-24)29(35)22-34(26-13-11-25(31)12-14-26)40(37,38)28-17-15-27(16-18-28)39-5-2/h6-18,23H,4-5,19-22H2,1-3H3,(H,32,36)/t23-/m0/s1. The Labute approximate surface area is 235 Å². The molecule has 3 aromatic rings. The average molecular weight is 570 g/mol. The van der Waals surface area contributed by atoms with Crippen LogP contribution in [0.1, 0.15) is 32.8 Å². The van der Waals surface area contributed by atoms with Crippen LogP contribution in [-0.2, 0) is 26.0 Å². The zero-order valence-corrected chi connectivity index (χ0v) is 23.9. The molecule has 0 radical (unpaired) electrons. The molecule has 0 aliphatic rings. The highest BCUT2D eigenvalue weighted by Gasteiger charge is 2.32. The topological polar surface area (TPSA) is 96.0 Å². The molecule has 0 saturated carbocycles. The predicted octanol–water partition coefficient (Wildman–Crippen LogP) is 4.41. The number of rotatable bonds is 14. The fraction of sp³-hybridized carbons (Fsp3) is 0.333. The molecule has 1 N–H and O–H groups in total. The summed E-state index contributed by atoms with van der Waals surface area (Å²) in [5, 5.41) is 2.81. The lowest BCUT2D eigenvalue weighted by molar-refractivity contribution is -0.138. The molecular weight excluding hydrogens is 533 g/mol. The molecule has 0 saturated heterocycles. The van der Waals surface area contributed by atoms with Crippen molar-refractivity contribution in [3.8, 4) is 5.75 Å². The van der Waals surface area contributed by atoms with Crippen molar-refractivity contribution in [1.82, 2.24) is 10.2 Å². The second-order valence-corrected chi connectivity index (χ2v) is 11.0. The van der Waals surface area contributed by atoms with Gasteiger partial charge in [-0.3, -0.25) is 13.9 Å². The summed E-state index contributed by atoms with van der Waals surface area (Å²) in [6.07, 6.45) is 1.20. The van der Waals surface area contributed by atoms with Crippen LogP contribution in [0.4, 0.5) is 10.1 Å². The maximum atomic E-state index is 13.8. The Hall–Kier alpha value is -3.92. The Kier molecular flexibility index (Phi) is 11.1. The van der Waals surface area contributed by atoms with Gasteiger partial charge in [0.1, 0.15) is 24.2 Å². The first kappa shape index (κ1) is 30.6. The maximum Gasteiger partial charge on any atom is 0.264 e. The van der Waals surface area contributed by atoms with Crippen molar-refractivity contribution in [2.75, 3.05) is 30.5 Å². The molecule has 1 atom stereocenters. The van der Waals surface area contributed by atoms with Crippen LogP contribution in [0.5, 0.6) is 5.75 Å². The molecule has 3 aromatic carbocycles. The Balaban J connectivity index is 1.95. The molecule has 0 spiro atoms. The summed E-state index contributed by atoms with van der Waals surface area (Å²) in [5.74, 6) is -0.927. The van der Waals surface area contributed by atoms with Gasteiger partial charge in [0.2, 0.25) is 11.8 Å². The molecule has 2 amide bonds. The zero-order valence-electron chi connectivity index (χ0n) is 23.0. The van der Waals surface area contributed by atoms with Crippen molar-refractivity contribution in [3.05, 3.63) is 90.2 Å². The number of amides is 2. The molecule has 8 nitrogen and oxygen atoms in total. The number of halogens is 1. The summed E-state index contributed by atoms with van der Waals surface area (Å²) in [6, 6.07) is 19.4. The van der Waals surface area contributed by atoms with Gasteiger partial charge in [-0.15, -0.1) is 0 Å². The lowest BCUT2D eigenvalue weighted by atomic mass is 10.1. The smallest absolute Gasteiger partial charge is 0.264 e. The quantitative estimate of drug-likeness (QED) is 0.310. The first-order valence-corrected chi connectivity index (χ1v) is 14.7. The van der Waals surface area contributed by atoms with Crippen molar-refractivity contribution in [1.29, 1.82) is 0 Å². The van der Waals surface area contributed by atoms with Crippen LogP contribution in [0.3, 0.4) is 0 Å². The van der Waals surface area contributed by atoms with Crippen molar-refractivity contribution in [3.63, 3.8) is 0 Å². The molecule has 0 fully saturated rings. The molecule has 0 aliphatic carbocycles. The molecule has 40 heavy (non-hydrogen) atoms. The van der Waals surface area contributed by atoms with Gasteiger partial charge in [-0.05, 0) is 80.8 Å². The normalized spacial score (nSPS) is 11.9. The summed E-state index contributed by atoms with van der Waals surface area (Å²) < 4.78 is 47.7. The highest BCUT2D eigenvalue weighted by atomic mass is 32.2. The van der Waals surface area contributed by atoms with Crippen LogP contribution in [-0.4, -0.2) is 57.4 Å². The number of nitrogens with zero attached hydrogens (tertiary/aromatic N) is 2. The molecule has 214 valence electrons. The van der Waals surface area contributed by atoms with E-state index in [2.05, 4.69) is 5.32 Å². The summed E-state index contributed by atoms with van der Waals surface area (Å²) in [5.41, 5.74) is 1.09. The van der Waals surface area contributed by atoms with E-state index in [0.717, 1.165) is 28.4 Å². The Morgan fingerprint density at radius 3 is 2.20 bits per heavy atom. The molecule has 0 heterocycles. The van der Waals surface area contributed by atoms with E-state index in [0.29, 0.717) is 25.3 Å². The van der Waals surface area contributed by atoms with E-state index < -0.39 is 34.3 Å². The van der Waals surface area contributed by atoms with E-state index in [1.165, 1.54) is 41.3 Å². The Morgan fingerprint density at radius 1 is 0.950 bits per heavy atom. The van der Waals surface area contributed by atoms with Gasteiger partial charge in [-0.2, -0.15) is 0 Å². The summed E-state index contributed by atoms with van der Waals surface area (Å²) >= 11 is 0. The van der Waals surface area contributed by atoms with E-state index in [1.54, 1.807) is 6.92 Å². The number of benzene rings is 3. The van der Waals surface area contributed by atoms with Crippen LogP contribution in [0.2, 0.25) is 0 Å². The van der Waals surface area contributed by atoms with Gasteiger partial charge < -0.3 is 15.0 Å². The number of carbonyl (C=O) groups excluding carboxylic acids is 2. The van der Waals surface area contributed by atoms with Crippen molar-refractivity contribution >= 4 is 27.5 Å². The summed E-state index contributed by atoms with van der Waals surface area (Å²) in [7, 11) is -4.25. The first-order chi connectivity index (χ1) is 19.2. The highest BCUT2D eigenvalue weighted by Crippen LogP contribution is 2.26. The van der Waals surface area contributed by atoms with Crippen LogP contribution in [0.25, 0.3) is 0 Å². The summed E-state index contributed by atoms with van der Waals surface area (Å²) in [4.78, 5) is 28.0. The Morgan fingerprint density at radius 2 is 1.60 bits per heavy atom. The van der Waals surface area contributed by atoms with Gasteiger partial charge >= 0.3 is 0 Å². The second-order valence-electron chi connectivity index (χ2n) is 9.18. The van der Waals surface area contributed by atoms with Gasteiger partial charge in [0, 0.05) is 13.1 Å². The lowest BCUT2D eigenvalue weighted by Crippen LogP contribution is -2.52. The van der Waals surface area contributed by atoms with Crippen LogP contribution in [0.15, 0.2) is 83.8 Å². The highest BCUT2D eigenvalue weighted by molar-refractivity contribution is 7.92. The maximum absolute atomic E-state index is 13.8. The van der Waals surface area contributed by atoms with Crippen molar-refractivity contribution in [2.24, 2.45) is 0 Å². The fourth-order valence-corrected chi connectivity index (χ4v) is 5.52. The van der Waals surface area contributed by atoms with Gasteiger partial charge in [0.15, 0.2) is 0 Å². The number of hydrogen-bond acceptors (Lipinski definition) is 5. The predicted molar refractivity (Wildman–Crippen MR) is 153 cm³/mol. The van der Waals surface area contributed by atoms with Crippen LogP contribution >= 0.6 is 0 Å². The molecule has 0 aromatic heterocycles. The van der Waals surface area contributed by atoms with Crippen molar-refractivity contribution in [2.45, 2.75) is 44.6 Å². The summed E-state index contributed by atoms with van der Waals surface area (Å²) in [6.45, 7) is 5.86. The van der Waals surface area contributed by atoms with Crippen LogP contribution in [0, 0.1) is 5.82 Å². The minimum atomic E-state index is -4.25. The Bertz CT molecular complexity index is 1350. The van der Waals surface area contributed by atoms with Gasteiger partial charge in [0.25, 0.3) is 10.0 Å². The zero-order chi connectivity index (χ0) is 29.1.